The van der Waals surface area contributed by atoms with E-state index in [0.717, 1.165) is 16.7 Å². The van der Waals surface area contributed by atoms with E-state index in [1.165, 1.54) is 0 Å². The number of carboxylic acid groups (broad SMARTS) is 1. The van der Waals surface area contributed by atoms with Gasteiger partial charge < -0.3 is 10.8 Å². The van der Waals surface area contributed by atoms with Crippen molar-refractivity contribution in [3.63, 3.8) is 0 Å². The summed E-state index contributed by atoms with van der Waals surface area (Å²) in [4.78, 5) is 11.0. The topological polar surface area (TPSA) is 87.1 Å². The number of benzene rings is 1. The molecule has 0 aromatic heterocycles. The van der Waals surface area contributed by atoms with Crippen molar-refractivity contribution in [1.82, 2.24) is 0 Å². The molecular weight excluding hydrogens is 307 g/mol. The summed E-state index contributed by atoms with van der Waals surface area (Å²) >= 11 is 0. The van der Waals surface area contributed by atoms with E-state index in [4.69, 9.17) is 10.8 Å². The minimum atomic E-state index is -2.30. The molecule has 2 rings (SSSR count). The molecule has 3 N–H and O–H groups in total. The number of halogens is 1. The molecule has 1 aliphatic carbocycles. The lowest BCUT2D eigenvalue weighted by Crippen LogP contribution is -2.46. The van der Waals surface area contributed by atoms with Gasteiger partial charge in [0, 0.05) is 12.0 Å². The van der Waals surface area contributed by atoms with Gasteiger partial charge in [0.1, 0.15) is 6.07 Å². The summed E-state index contributed by atoms with van der Waals surface area (Å²) in [6.07, 6.45) is 1.23. The van der Waals surface area contributed by atoms with Gasteiger partial charge in [-0.1, -0.05) is 30.3 Å². The molecule has 0 saturated heterocycles. The average molecular weight is 328 g/mol. The third-order valence-electron chi connectivity index (χ3n) is 4.79. The maximum absolute atomic E-state index is 15.4. The first-order chi connectivity index (χ1) is 11.2. The van der Waals surface area contributed by atoms with Crippen LogP contribution in [-0.2, 0) is 4.79 Å². The lowest BCUT2D eigenvalue weighted by molar-refractivity contribution is -0.137. The van der Waals surface area contributed by atoms with Crippen molar-refractivity contribution in [1.29, 1.82) is 5.26 Å². The predicted octanol–water partition coefficient (Wildman–Crippen LogP) is 3.38. The van der Waals surface area contributed by atoms with Crippen LogP contribution in [0.25, 0.3) is 5.57 Å². The quantitative estimate of drug-likeness (QED) is 0.887. The number of carboxylic acids is 1. The highest BCUT2D eigenvalue weighted by molar-refractivity contribution is 5.83. The van der Waals surface area contributed by atoms with Crippen LogP contribution in [0.3, 0.4) is 0 Å². The van der Waals surface area contributed by atoms with Crippen molar-refractivity contribution < 1.29 is 14.3 Å². The Bertz CT molecular complexity index is 776. The summed E-state index contributed by atoms with van der Waals surface area (Å²) in [5, 5.41) is 18.4. The monoisotopic (exact) mass is 328 g/mol. The maximum Gasteiger partial charge on any atom is 0.304 e. The van der Waals surface area contributed by atoms with Crippen molar-refractivity contribution in [3.05, 3.63) is 52.6 Å². The van der Waals surface area contributed by atoms with E-state index >= 15 is 4.39 Å². The zero-order valence-electron chi connectivity index (χ0n) is 14.0. The molecule has 1 aliphatic rings. The molecule has 126 valence electrons. The molecule has 0 heterocycles. The molecule has 0 bridgehead atoms. The fraction of sp³-hybridized carbons (Fsp3) is 0.368. The average Bonchev–Trinajstić information content (AvgIpc) is 2.53. The second-order valence-electron chi connectivity index (χ2n) is 6.26. The largest absolute Gasteiger partial charge is 0.481 e. The van der Waals surface area contributed by atoms with E-state index in [0.29, 0.717) is 5.57 Å². The molecule has 0 fully saturated rings. The van der Waals surface area contributed by atoms with Gasteiger partial charge in [-0.05, 0) is 48.6 Å². The molecule has 0 spiro atoms. The molecule has 24 heavy (non-hydrogen) atoms. The van der Waals surface area contributed by atoms with E-state index in [-0.39, 0.29) is 5.57 Å². The van der Waals surface area contributed by atoms with E-state index in [1.54, 1.807) is 26.0 Å². The lowest BCUT2D eigenvalue weighted by Gasteiger charge is -2.36. The Morgan fingerprint density at radius 3 is 2.58 bits per heavy atom. The van der Waals surface area contributed by atoms with E-state index in [9.17, 15) is 10.1 Å². The molecule has 1 aromatic rings. The van der Waals surface area contributed by atoms with Crippen LogP contribution < -0.4 is 5.73 Å². The summed E-state index contributed by atoms with van der Waals surface area (Å²) in [6, 6.07) is 8.40. The van der Waals surface area contributed by atoms with Crippen LogP contribution >= 0.6 is 0 Å². The zero-order valence-corrected chi connectivity index (χ0v) is 14.0. The summed E-state index contributed by atoms with van der Waals surface area (Å²) in [7, 11) is 0. The van der Waals surface area contributed by atoms with Gasteiger partial charge in [-0.15, -0.1) is 0 Å². The van der Waals surface area contributed by atoms with Crippen LogP contribution in [-0.4, -0.2) is 22.8 Å². The van der Waals surface area contributed by atoms with Crippen LogP contribution in [0.1, 0.15) is 31.4 Å². The normalized spacial score (nSPS) is 25.0. The Balaban J connectivity index is 2.62. The molecule has 0 amide bonds. The fourth-order valence-corrected chi connectivity index (χ4v) is 3.22. The van der Waals surface area contributed by atoms with Crippen molar-refractivity contribution in [3.8, 4) is 6.07 Å². The van der Waals surface area contributed by atoms with Crippen LogP contribution in [0.5, 0.6) is 0 Å². The number of aryl methyl sites for hydroxylation is 1. The van der Waals surface area contributed by atoms with Gasteiger partial charge in [0.05, 0.1) is 6.42 Å². The summed E-state index contributed by atoms with van der Waals surface area (Å²) in [6.45, 7) is 5.30. The second-order valence-corrected chi connectivity index (χ2v) is 6.26. The zero-order chi connectivity index (χ0) is 18.1. The van der Waals surface area contributed by atoms with Crippen molar-refractivity contribution in [2.75, 3.05) is 0 Å². The molecule has 4 nitrogen and oxygen atoms in total. The smallest absolute Gasteiger partial charge is 0.304 e. The number of carbonyl (C=O) groups is 1. The van der Waals surface area contributed by atoms with Crippen molar-refractivity contribution in [2.45, 2.75) is 38.9 Å². The van der Waals surface area contributed by atoms with Gasteiger partial charge in [0.15, 0.2) is 0 Å². The number of nitrogens with zero attached hydrogens (tertiary/aromatic N) is 1. The summed E-state index contributed by atoms with van der Waals surface area (Å²) < 4.78 is 15.4. The first kappa shape index (κ1) is 17.9. The summed E-state index contributed by atoms with van der Waals surface area (Å²) in [5.41, 5.74) is 7.38. The molecule has 5 heteroatoms. The molecule has 0 radical (unpaired) electrons. The number of nitriles is 1. The number of hydrogen-bond donors (Lipinski definition) is 2. The minimum absolute atomic E-state index is 0.289. The number of nitrogens with two attached hydrogens (primary N) is 1. The van der Waals surface area contributed by atoms with Crippen LogP contribution in [0.2, 0.25) is 0 Å². The maximum atomic E-state index is 15.4. The third-order valence-corrected chi connectivity index (χ3v) is 4.79. The first-order valence-corrected chi connectivity index (χ1v) is 7.76. The van der Waals surface area contributed by atoms with Gasteiger partial charge in [-0.25, -0.2) is 4.39 Å². The van der Waals surface area contributed by atoms with Gasteiger partial charge in [0.2, 0.25) is 5.67 Å². The van der Waals surface area contributed by atoms with Gasteiger partial charge in [-0.3, -0.25) is 4.79 Å². The van der Waals surface area contributed by atoms with Gasteiger partial charge >= 0.3 is 5.97 Å². The fourth-order valence-electron chi connectivity index (χ4n) is 3.22. The van der Waals surface area contributed by atoms with E-state index in [2.05, 4.69) is 0 Å². The van der Waals surface area contributed by atoms with Crippen molar-refractivity contribution in [2.24, 2.45) is 11.7 Å². The predicted molar refractivity (Wildman–Crippen MR) is 90.7 cm³/mol. The Morgan fingerprint density at radius 1 is 1.42 bits per heavy atom. The Labute approximate surface area is 141 Å². The van der Waals surface area contributed by atoms with Crippen molar-refractivity contribution >= 4 is 11.5 Å². The van der Waals surface area contributed by atoms with Crippen LogP contribution in [0.15, 0.2) is 41.5 Å². The highest BCUT2D eigenvalue weighted by Crippen LogP contribution is 2.44. The number of rotatable bonds is 4. The highest BCUT2D eigenvalue weighted by Gasteiger charge is 2.47. The summed E-state index contributed by atoms with van der Waals surface area (Å²) in [5.74, 6) is -2.13. The third kappa shape index (κ3) is 2.98. The number of alkyl halides is 1. The van der Waals surface area contributed by atoms with Gasteiger partial charge in [0.25, 0.3) is 0 Å². The Kier molecular flexibility index (Phi) is 4.91. The van der Waals surface area contributed by atoms with E-state index < -0.39 is 30.0 Å². The molecule has 0 aliphatic heterocycles. The molecule has 1 aromatic carbocycles. The lowest BCUT2D eigenvalue weighted by atomic mass is 9.70. The number of allylic oxidation sites excluding steroid dienone is 3. The number of hydrogen-bond acceptors (Lipinski definition) is 3. The van der Waals surface area contributed by atoms with Crippen LogP contribution in [0.4, 0.5) is 4.39 Å². The molecule has 3 atom stereocenters. The Morgan fingerprint density at radius 2 is 2.04 bits per heavy atom. The Hall–Kier alpha value is -2.45. The molecule has 3 unspecified atom stereocenters. The first-order valence-electron chi connectivity index (χ1n) is 7.76. The second kappa shape index (κ2) is 6.58. The SMILES string of the molecule is CC1=C(C)C(F)(C#N)C(C(N)CC(=O)O)C=C1c1ccccc1C. The van der Waals surface area contributed by atoms with E-state index in [1.807, 2.05) is 31.2 Å². The highest BCUT2D eigenvalue weighted by atomic mass is 19.1. The number of aliphatic carboxylic acids is 1. The van der Waals surface area contributed by atoms with Crippen LogP contribution in [0, 0.1) is 24.2 Å². The molecular formula is C19H21FN2O2. The van der Waals surface area contributed by atoms with Gasteiger partial charge in [-0.2, -0.15) is 5.26 Å². The molecule has 0 saturated carbocycles. The minimum Gasteiger partial charge on any atom is -0.481 e. The standard InChI is InChI=1S/C19H21FN2O2/c1-11-6-4-5-7-14(11)15-8-16(17(22)9-18(23)24)19(20,10-21)13(3)12(15)2/h4-8,16-17H,9,22H2,1-3H3,(H,23,24).